The molecule has 0 unspecified atom stereocenters. The second-order valence-electron chi connectivity index (χ2n) is 3.77. The van der Waals surface area contributed by atoms with Gasteiger partial charge in [0.1, 0.15) is 0 Å². The summed E-state index contributed by atoms with van der Waals surface area (Å²) in [7, 11) is 1.93. The lowest BCUT2D eigenvalue weighted by atomic mass is 10.4. The lowest BCUT2D eigenvalue weighted by Gasteiger charge is -2.00. The summed E-state index contributed by atoms with van der Waals surface area (Å²) in [6.07, 6.45) is 4.88. The van der Waals surface area contributed by atoms with Gasteiger partial charge in [-0.2, -0.15) is 5.10 Å². The summed E-state index contributed by atoms with van der Waals surface area (Å²) in [4.78, 5) is 5.60. The van der Waals surface area contributed by atoms with Gasteiger partial charge in [0.15, 0.2) is 0 Å². The Labute approximate surface area is 99.3 Å². The molecule has 2 aromatic heterocycles. The zero-order valence-electron chi connectivity index (χ0n) is 9.60. The van der Waals surface area contributed by atoms with Gasteiger partial charge < -0.3 is 5.32 Å². The molecule has 0 aliphatic carbocycles. The summed E-state index contributed by atoms with van der Waals surface area (Å²) in [5, 5.41) is 8.86. The van der Waals surface area contributed by atoms with Gasteiger partial charge in [0.2, 0.25) is 0 Å². The van der Waals surface area contributed by atoms with E-state index in [-0.39, 0.29) is 0 Å². The van der Waals surface area contributed by atoms with Crippen molar-refractivity contribution in [2.75, 3.05) is 6.54 Å². The fraction of sp³-hybridized carbons (Fsp3) is 0.455. The van der Waals surface area contributed by atoms with Gasteiger partial charge in [-0.3, -0.25) is 4.68 Å². The van der Waals surface area contributed by atoms with Crippen molar-refractivity contribution in [3.63, 3.8) is 0 Å². The van der Waals surface area contributed by atoms with E-state index in [1.165, 1.54) is 9.88 Å². The molecule has 0 aliphatic rings. The Kier molecular flexibility index (Phi) is 3.69. The monoisotopic (exact) mass is 236 g/mol. The molecule has 0 spiro atoms. The highest BCUT2D eigenvalue weighted by Gasteiger charge is 1.99. The van der Waals surface area contributed by atoms with Crippen molar-refractivity contribution in [2.24, 2.45) is 7.05 Å². The standard InChI is InChI=1S/C11H16N4S/c1-9-7-13-11(16-9)3-5-12-8-10-4-6-15(2)14-10/h4,6-7,12H,3,5,8H2,1-2H3. The van der Waals surface area contributed by atoms with Crippen LogP contribution in [0.2, 0.25) is 0 Å². The highest BCUT2D eigenvalue weighted by atomic mass is 32.1. The van der Waals surface area contributed by atoms with Gasteiger partial charge in [0.25, 0.3) is 0 Å². The number of hydrogen-bond acceptors (Lipinski definition) is 4. The van der Waals surface area contributed by atoms with Gasteiger partial charge in [-0.25, -0.2) is 4.98 Å². The zero-order valence-corrected chi connectivity index (χ0v) is 10.4. The molecule has 2 heterocycles. The predicted molar refractivity (Wildman–Crippen MR) is 65.5 cm³/mol. The van der Waals surface area contributed by atoms with E-state index >= 15 is 0 Å². The first kappa shape index (κ1) is 11.3. The van der Waals surface area contributed by atoms with Crippen molar-refractivity contribution in [3.8, 4) is 0 Å². The molecular formula is C11H16N4S. The van der Waals surface area contributed by atoms with Crippen LogP contribution in [-0.2, 0) is 20.0 Å². The first-order valence-corrected chi connectivity index (χ1v) is 6.16. The van der Waals surface area contributed by atoms with E-state index in [0.717, 1.165) is 25.2 Å². The molecule has 0 amide bonds. The number of nitrogens with one attached hydrogen (secondary N) is 1. The van der Waals surface area contributed by atoms with E-state index in [9.17, 15) is 0 Å². The minimum atomic E-state index is 0.825. The highest BCUT2D eigenvalue weighted by Crippen LogP contribution is 2.10. The lowest BCUT2D eigenvalue weighted by Crippen LogP contribution is -2.17. The van der Waals surface area contributed by atoms with E-state index in [4.69, 9.17) is 0 Å². The molecule has 5 heteroatoms. The van der Waals surface area contributed by atoms with Gasteiger partial charge >= 0.3 is 0 Å². The van der Waals surface area contributed by atoms with Gasteiger partial charge in [0.05, 0.1) is 10.7 Å². The minimum Gasteiger partial charge on any atom is -0.311 e. The Morgan fingerprint density at radius 1 is 1.50 bits per heavy atom. The van der Waals surface area contributed by atoms with Crippen LogP contribution in [0.3, 0.4) is 0 Å². The molecule has 0 bridgehead atoms. The molecule has 0 aromatic carbocycles. The topological polar surface area (TPSA) is 42.7 Å². The van der Waals surface area contributed by atoms with Crippen molar-refractivity contribution >= 4 is 11.3 Å². The molecule has 0 aliphatic heterocycles. The maximum atomic E-state index is 4.32. The molecule has 0 saturated carbocycles. The largest absolute Gasteiger partial charge is 0.311 e. The number of nitrogens with zero attached hydrogens (tertiary/aromatic N) is 3. The Hall–Kier alpha value is -1.20. The molecule has 86 valence electrons. The van der Waals surface area contributed by atoms with E-state index in [1.54, 1.807) is 11.3 Å². The summed E-state index contributed by atoms with van der Waals surface area (Å²) in [6.45, 7) is 3.86. The summed E-state index contributed by atoms with van der Waals surface area (Å²) in [6, 6.07) is 2.03. The van der Waals surface area contributed by atoms with E-state index in [1.807, 2.05) is 30.2 Å². The molecule has 0 saturated heterocycles. The number of aromatic nitrogens is 3. The van der Waals surface area contributed by atoms with Crippen LogP contribution in [0.1, 0.15) is 15.6 Å². The number of aryl methyl sites for hydroxylation is 2. The van der Waals surface area contributed by atoms with E-state index < -0.39 is 0 Å². The van der Waals surface area contributed by atoms with Crippen LogP contribution in [0, 0.1) is 6.92 Å². The number of hydrogen-bond donors (Lipinski definition) is 1. The minimum absolute atomic E-state index is 0.825. The van der Waals surface area contributed by atoms with Gasteiger partial charge in [-0.05, 0) is 13.0 Å². The fourth-order valence-electron chi connectivity index (χ4n) is 1.49. The molecule has 4 nitrogen and oxygen atoms in total. The summed E-state index contributed by atoms with van der Waals surface area (Å²) in [5.41, 5.74) is 1.08. The van der Waals surface area contributed by atoms with Crippen LogP contribution >= 0.6 is 11.3 Å². The van der Waals surface area contributed by atoms with Crippen molar-refractivity contribution in [1.82, 2.24) is 20.1 Å². The SMILES string of the molecule is Cc1cnc(CCNCc2ccn(C)n2)s1. The molecule has 16 heavy (non-hydrogen) atoms. The predicted octanol–water partition coefficient (Wildman–Crippen LogP) is 1.52. The second-order valence-corrected chi connectivity index (χ2v) is 5.09. The summed E-state index contributed by atoms with van der Waals surface area (Å²) < 4.78 is 1.82. The van der Waals surface area contributed by atoms with Crippen LogP contribution in [0.4, 0.5) is 0 Å². The first-order valence-electron chi connectivity index (χ1n) is 5.34. The molecule has 1 N–H and O–H groups in total. The third-order valence-electron chi connectivity index (χ3n) is 2.26. The lowest BCUT2D eigenvalue weighted by molar-refractivity contribution is 0.653. The van der Waals surface area contributed by atoms with Crippen molar-refractivity contribution < 1.29 is 0 Å². The van der Waals surface area contributed by atoms with Gasteiger partial charge in [0, 0.05) is 43.8 Å². The molecule has 0 radical (unpaired) electrons. The Morgan fingerprint density at radius 2 is 2.38 bits per heavy atom. The number of rotatable bonds is 5. The van der Waals surface area contributed by atoms with Crippen LogP contribution in [0.5, 0.6) is 0 Å². The third-order valence-corrected chi connectivity index (χ3v) is 3.23. The van der Waals surface area contributed by atoms with E-state index in [0.29, 0.717) is 0 Å². The van der Waals surface area contributed by atoms with Gasteiger partial charge in [-0.1, -0.05) is 0 Å². The van der Waals surface area contributed by atoms with Crippen molar-refractivity contribution in [2.45, 2.75) is 19.9 Å². The normalized spacial score (nSPS) is 10.9. The van der Waals surface area contributed by atoms with Crippen LogP contribution in [0.15, 0.2) is 18.5 Å². The van der Waals surface area contributed by atoms with Crippen molar-refractivity contribution in [1.29, 1.82) is 0 Å². The average molecular weight is 236 g/mol. The number of thiazole rings is 1. The summed E-state index contributed by atoms with van der Waals surface area (Å²) in [5.74, 6) is 0. The second kappa shape index (κ2) is 5.23. The maximum Gasteiger partial charge on any atom is 0.0940 e. The van der Waals surface area contributed by atoms with Crippen molar-refractivity contribution in [3.05, 3.63) is 34.0 Å². The average Bonchev–Trinajstić information content (AvgIpc) is 2.83. The molecule has 0 fully saturated rings. The smallest absolute Gasteiger partial charge is 0.0940 e. The maximum absolute atomic E-state index is 4.32. The van der Waals surface area contributed by atoms with E-state index in [2.05, 4.69) is 22.3 Å². The van der Waals surface area contributed by atoms with Crippen LogP contribution < -0.4 is 5.32 Å². The fourth-order valence-corrected chi connectivity index (χ4v) is 2.27. The van der Waals surface area contributed by atoms with Crippen LogP contribution in [0.25, 0.3) is 0 Å². The third kappa shape index (κ3) is 3.15. The molecule has 2 rings (SSSR count). The highest BCUT2D eigenvalue weighted by molar-refractivity contribution is 7.11. The quantitative estimate of drug-likeness (QED) is 0.800. The molecular weight excluding hydrogens is 220 g/mol. The van der Waals surface area contributed by atoms with Gasteiger partial charge in [-0.15, -0.1) is 11.3 Å². The zero-order chi connectivity index (χ0) is 11.4. The molecule has 0 atom stereocenters. The first-order chi connectivity index (χ1) is 7.74. The summed E-state index contributed by atoms with van der Waals surface area (Å²) >= 11 is 1.77. The Bertz CT molecular complexity index is 404. The Morgan fingerprint density at radius 3 is 3.00 bits per heavy atom. The Balaban J connectivity index is 1.69. The van der Waals surface area contributed by atoms with Crippen LogP contribution in [-0.4, -0.2) is 21.3 Å². The molecule has 2 aromatic rings.